The lowest BCUT2D eigenvalue weighted by molar-refractivity contribution is -0.127. The van der Waals surface area contributed by atoms with E-state index in [-0.39, 0.29) is 11.8 Å². The van der Waals surface area contributed by atoms with Gasteiger partial charge in [0.05, 0.1) is 5.69 Å². The third kappa shape index (κ3) is 3.09. The van der Waals surface area contributed by atoms with Gasteiger partial charge in [-0.3, -0.25) is 4.79 Å². The van der Waals surface area contributed by atoms with Crippen molar-refractivity contribution in [2.75, 3.05) is 24.1 Å². The summed E-state index contributed by atoms with van der Waals surface area (Å²) in [5.74, 6) is 1.09. The van der Waals surface area contributed by atoms with Crippen LogP contribution in [0.3, 0.4) is 0 Å². The molecule has 0 atom stereocenters. The van der Waals surface area contributed by atoms with E-state index in [1.165, 1.54) is 6.42 Å². The molecule has 0 aromatic carbocycles. The van der Waals surface area contributed by atoms with Crippen molar-refractivity contribution in [1.29, 1.82) is 0 Å². The Morgan fingerprint density at radius 1 is 1.47 bits per heavy atom. The Hall–Kier alpha value is -1.78. The number of rotatable bonds is 5. The summed E-state index contributed by atoms with van der Waals surface area (Å²) in [6, 6.07) is 3.58. The van der Waals surface area contributed by atoms with Gasteiger partial charge in [0.25, 0.3) is 0 Å². The molecule has 1 fully saturated rings. The fraction of sp³-hybridized carbons (Fsp3) is 0.500. The van der Waals surface area contributed by atoms with Crippen LogP contribution in [0.15, 0.2) is 18.3 Å². The molecule has 1 saturated carbocycles. The molecule has 0 bridgehead atoms. The molecule has 17 heavy (non-hydrogen) atoms. The number of aromatic nitrogens is 1. The second-order valence-corrected chi connectivity index (χ2v) is 4.29. The molecule has 1 aliphatic carbocycles. The Bertz CT molecular complexity index is 390. The van der Waals surface area contributed by atoms with E-state index in [4.69, 9.17) is 5.73 Å². The van der Waals surface area contributed by atoms with E-state index >= 15 is 0 Å². The van der Waals surface area contributed by atoms with Crippen LogP contribution in [0, 0.1) is 5.92 Å². The monoisotopic (exact) mass is 234 g/mol. The SMILES string of the molecule is Nc1cccnc1NCCNC(=O)C1CCC1. The Balaban J connectivity index is 1.66. The van der Waals surface area contributed by atoms with Crippen molar-refractivity contribution in [3.8, 4) is 0 Å². The maximum atomic E-state index is 11.5. The fourth-order valence-electron chi connectivity index (χ4n) is 1.75. The van der Waals surface area contributed by atoms with E-state index in [0.29, 0.717) is 24.6 Å². The number of carbonyl (C=O) groups is 1. The number of carbonyl (C=O) groups excluding carboxylic acids is 1. The van der Waals surface area contributed by atoms with Gasteiger partial charge in [-0.1, -0.05) is 6.42 Å². The molecule has 5 heteroatoms. The van der Waals surface area contributed by atoms with Crippen molar-refractivity contribution in [2.45, 2.75) is 19.3 Å². The molecule has 1 aliphatic rings. The summed E-state index contributed by atoms with van der Waals surface area (Å²) in [6.45, 7) is 1.24. The van der Waals surface area contributed by atoms with Crippen LogP contribution < -0.4 is 16.4 Å². The van der Waals surface area contributed by atoms with Crippen molar-refractivity contribution in [1.82, 2.24) is 10.3 Å². The largest absolute Gasteiger partial charge is 0.396 e. The first-order chi connectivity index (χ1) is 8.27. The quantitative estimate of drug-likeness (QED) is 0.664. The molecule has 0 radical (unpaired) electrons. The Morgan fingerprint density at radius 2 is 2.29 bits per heavy atom. The van der Waals surface area contributed by atoms with Crippen LogP contribution in [-0.4, -0.2) is 24.0 Å². The van der Waals surface area contributed by atoms with Gasteiger partial charge in [-0.25, -0.2) is 4.98 Å². The lowest BCUT2D eigenvalue weighted by Crippen LogP contribution is -2.37. The van der Waals surface area contributed by atoms with Crippen molar-refractivity contribution < 1.29 is 4.79 Å². The van der Waals surface area contributed by atoms with Gasteiger partial charge in [0.1, 0.15) is 5.82 Å². The summed E-state index contributed by atoms with van der Waals surface area (Å²) >= 11 is 0. The van der Waals surface area contributed by atoms with Crippen LogP contribution in [0.25, 0.3) is 0 Å². The second kappa shape index (κ2) is 5.52. The number of nitrogens with one attached hydrogen (secondary N) is 2. The topological polar surface area (TPSA) is 80.0 Å². The number of amides is 1. The van der Waals surface area contributed by atoms with E-state index in [0.717, 1.165) is 12.8 Å². The molecule has 0 saturated heterocycles. The molecule has 1 aromatic heterocycles. The number of nitrogens with two attached hydrogens (primary N) is 1. The second-order valence-electron chi connectivity index (χ2n) is 4.29. The number of hydrogen-bond donors (Lipinski definition) is 3. The normalized spacial score (nSPS) is 15.1. The van der Waals surface area contributed by atoms with Crippen LogP contribution in [-0.2, 0) is 4.79 Å². The average molecular weight is 234 g/mol. The zero-order valence-electron chi connectivity index (χ0n) is 9.78. The molecule has 5 nitrogen and oxygen atoms in total. The molecule has 1 amide bonds. The van der Waals surface area contributed by atoms with E-state index < -0.39 is 0 Å². The molecule has 92 valence electrons. The van der Waals surface area contributed by atoms with Gasteiger partial charge in [-0.2, -0.15) is 0 Å². The van der Waals surface area contributed by atoms with E-state index in [1.54, 1.807) is 18.3 Å². The Morgan fingerprint density at radius 3 is 2.94 bits per heavy atom. The van der Waals surface area contributed by atoms with Gasteiger partial charge in [0.2, 0.25) is 5.91 Å². The lowest BCUT2D eigenvalue weighted by Gasteiger charge is -2.24. The fourth-order valence-corrected chi connectivity index (χ4v) is 1.75. The van der Waals surface area contributed by atoms with Crippen LogP contribution in [0.5, 0.6) is 0 Å². The number of anilines is 2. The van der Waals surface area contributed by atoms with Crippen molar-refractivity contribution in [3.63, 3.8) is 0 Å². The minimum atomic E-state index is 0.173. The van der Waals surface area contributed by atoms with E-state index in [1.807, 2.05) is 0 Å². The Labute approximate surface area is 101 Å². The number of nitrogens with zero attached hydrogens (tertiary/aromatic N) is 1. The first-order valence-electron chi connectivity index (χ1n) is 5.99. The molecule has 0 unspecified atom stereocenters. The third-order valence-electron chi connectivity index (χ3n) is 3.03. The first kappa shape index (κ1) is 11.7. The van der Waals surface area contributed by atoms with Crippen LogP contribution in [0.2, 0.25) is 0 Å². The van der Waals surface area contributed by atoms with Gasteiger partial charge in [-0.05, 0) is 25.0 Å². The molecule has 0 spiro atoms. The molecule has 1 heterocycles. The summed E-state index contributed by atoms with van der Waals surface area (Å²) < 4.78 is 0. The highest BCUT2D eigenvalue weighted by Gasteiger charge is 2.24. The van der Waals surface area contributed by atoms with Gasteiger partial charge >= 0.3 is 0 Å². The van der Waals surface area contributed by atoms with E-state index in [9.17, 15) is 4.79 Å². The summed E-state index contributed by atoms with van der Waals surface area (Å²) in [5.41, 5.74) is 6.35. The first-order valence-corrected chi connectivity index (χ1v) is 5.99. The predicted molar refractivity (Wildman–Crippen MR) is 67.5 cm³/mol. The summed E-state index contributed by atoms with van der Waals surface area (Å²) in [5, 5.41) is 6.00. The minimum absolute atomic E-state index is 0.173. The minimum Gasteiger partial charge on any atom is -0.396 e. The maximum absolute atomic E-state index is 11.5. The summed E-state index contributed by atoms with van der Waals surface area (Å²) in [6.07, 6.45) is 4.94. The standard InChI is InChI=1S/C12H18N4O/c13-10-5-2-6-14-11(10)15-7-8-16-12(17)9-3-1-4-9/h2,5-6,9H,1,3-4,7-8,13H2,(H,14,15)(H,16,17). The van der Waals surface area contributed by atoms with Crippen LogP contribution in [0.1, 0.15) is 19.3 Å². The highest BCUT2D eigenvalue weighted by Crippen LogP contribution is 2.25. The zero-order valence-corrected chi connectivity index (χ0v) is 9.78. The number of nitrogen functional groups attached to an aromatic ring is 1. The average Bonchev–Trinajstić information content (AvgIpc) is 2.24. The molecule has 4 N–H and O–H groups in total. The maximum Gasteiger partial charge on any atom is 0.223 e. The summed E-state index contributed by atoms with van der Waals surface area (Å²) in [4.78, 5) is 15.6. The van der Waals surface area contributed by atoms with E-state index in [2.05, 4.69) is 15.6 Å². The van der Waals surface area contributed by atoms with Crippen LogP contribution in [0.4, 0.5) is 11.5 Å². The Kier molecular flexibility index (Phi) is 3.80. The molecule has 2 rings (SSSR count). The highest BCUT2D eigenvalue weighted by molar-refractivity contribution is 5.79. The number of hydrogen-bond acceptors (Lipinski definition) is 4. The summed E-state index contributed by atoms with van der Waals surface area (Å²) in [7, 11) is 0. The van der Waals surface area contributed by atoms with Crippen molar-refractivity contribution in [3.05, 3.63) is 18.3 Å². The van der Waals surface area contributed by atoms with Gasteiger partial charge in [-0.15, -0.1) is 0 Å². The zero-order chi connectivity index (χ0) is 12.1. The molecule has 0 aliphatic heterocycles. The predicted octanol–water partition coefficient (Wildman–Crippen LogP) is 0.992. The van der Waals surface area contributed by atoms with Crippen LogP contribution >= 0.6 is 0 Å². The van der Waals surface area contributed by atoms with Crippen molar-refractivity contribution >= 4 is 17.4 Å². The molecule has 1 aromatic rings. The highest BCUT2D eigenvalue weighted by atomic mass is 16.1. The molecular formula is C12H18N4O. The van der Waals surface area contributed by atoms with Crippen molar-refractivity contribution in [2.24, 2.45) is 5.92 Å². The van der Waals surface area contributed by atoms with Gasteiger partial charge in [0, 0.05) is 25.2 Å². The van der Waals surface area contributed by atoms with Gasteiger partial charge in [0.15, 0.2) is 0 Å². The smallest absolute Gasteiger partial charge is 0.223 e. The van der Waals surface area contributed by atoms with Gasteiger partial charge < -0.3 is 16.4 Å². The molecular weight excluding hydrogens is 216 g/mol. The lowest BCUT2D eigenvalue weighted by atomic mass is 9.85. The third-order valence-corrected chi connectivity index (χ3v) is 3.03. The number of pyridine rings is 1.